The van der Waals surface area contributed by atoms with Gasteiger partial charge in [-0.25, -0.2) is 9.97 Å². The molecule has 0 radical (unpaired) electrons. The van der Waals surface area contributed by atoms with Gasteiger partial charge in [-0.2, -0.15) is 0 Å². The lowest BCUT2D eigenvalue weighted by Crippen LogP contribution is -1.89. The van der Waals surface area contributed by atoms with E-state index < -0.39 is 0 Å². The van der Waals surface area contributed by atoms with Crippen molar-refractivity contribution in [3.8, 4) is 0 Å². The Bertz CT molecular complexity index is 477. The summed E-state index contributed by atoms with van der Waals surface area (Å²) in [7, 11) is 0. The number of rotatable bonds is 0. The number of fused-ring (bicyclic) bond motifs is 1. The molecule has 0 aliphatic heterocycles. The molecule has 0 amide bonds. The first-order valence-corrected chi connectivity index (χ1v) is 5.83. The van der Waals surface area contributed by atoms with Gasteiger partial charge in [0.15, 0.2) is 10.3 Å². The van der Waals surface area contributed by atoms with Crippen LogP contribution in [0.4, 0.5) is 0 Å². The lowest BCUT2D eigenvalue weighted by Gasteiger charge is -1.97. The van der Waals surface area contributed by atoms with Crippen molar-refractivity contribution in [1.82, 2.24) is 14.4 Å². The molecule has 0 spiro atoms. The molecule has 0 aromatic carbocycles. The zero-order chi connectivity index (χ0) is 9.59. The van der Waals surface area contributed by atoms with E-state index in [1.54, 1.807) is 0 Å². The second kappa shape index (κ2) is 3.33. The number of hydrogen-bond donors (Lipinski definition) is 0. The molecule has 2 aromatic heterocycles. The van der Waals surface area contributed by atoms with Crippen LogP contribution in [0.3, 0.4) is 0 Å². The SMILES string of the molecule is Cc1nc2c(Br)nc(Br)cn2c1Br. The van der Waals surface area contributed by atoms with Crippen molar-refractivity contribution in [1.29, 1.82) is 0 Å². The molecule has 2 aromatic rings. The van der Waals surface area contributed by atoms with Crippen molar-refractivity contribution < 1.29 is 0 Å². The summed E-state index contributed by atoms with van der Waals surface area (Å²) >= 11 is 10.1. The van der Waals surface area contributed by atoms with Gasteiger partial charge in [0.2, 0.25) is 0 Å². The Balaban J connectivity index is 2.94. The van der Waals surface area contributed by atoms with Gasteiger partial charge in [-0.1, -0.05) is 0 Å². The summed E-state index contributed by atoms with van der Waals surface area (Å²) in [5.41, 5.74) is 1.76. The van der Waals surface area contributed by atoms with E-state index >= 15 is 0 Å². The molecule has 68 valence electrons. The van der Waals surface area contributed by atoms with Crippen LogP contribution in [0.2, 0.25) is 0 Å². The lowest BCUT2D eigenvalue weighted by molar-refractivity contribution is 1.06. The standard InChI is InChI=1S/C7H4Br3N3/c1-3-6(10)13-2-4(8)12-5(9)7(13)11-3/h2H,1H3. The van der Waals surface area contributed by atoms with E-state index in [-0.39, 0.29) is 0 Å². The largest absolute Gasteiger partial charge is 0.289 e. The van der Waals surface area contributed by atoms with Gasteiger partial charge in [-0.3, -0.25) is 4.40 Å². The maximum atomic E-state index is 4.34. The van der Waals surface area contributed by atoms with Crippen molar-refractivity contribution in [2.75, 3.05) is 0 Å². The Morgan fingerprint density at radius 1 is 1.23 bits per heavy atom. The van der Waals surface area contributed by atoms with E-state index in [0.29, 0.717) is 0 Å². The number of aromatic nitrogens is 3. The van der Waals surface area contributed by atoms with Crippen molar-refractivity contribution in [3.05, 3.63) is 25.7 Å². The Kier molecular flexibility index (Phi) is 2.46. The summed E-state index contributed by atoms with van der Waals surface area (Å²) in [5, 5.41) is 0. The van der Waals surface area contributed by atoms with E-state index in [1.165, 1.54) is 0 Å². The molecule has 2 rings (SSSR count). The quantitative estimate of drug-likeness (QED) is 0.713. The molecule has 0 aliphatic carbocycles. The van der Waals surface area contributed by atoms with Gasteiger partial charge in [0.25, 0.3) is 0 Å². The third kappa shape index (κ3) is 1.55. The molecular formula is C7H4Br3N3. The van der Waals surface area contributed by atoms with Crippen molar-refractivity contribution in [2.45, 2.75) is 6.92 Å². The van der Waals surface area contributed by atoms with Gasteiger partial charge in [-0.15, -0.1) is 0 Å². The highest BCUT2D eigenvalue weighted by Gasteiger charge is 2.09. The minimum atomic E-state index is 0.732. The molecule has 0 fully saturated rings. The van der Waals surface area contributed by atoms with Crippen LogP contribution < -0.4 is 0 Å². The van der Waals surface area contributed by atoms with Crippen LogP contribution >= 0.6 is 47.8 Å². The molecule has 13 heavy (non-hydrogen) atoms. The van der Waals surface area contributed by atoms with E-state index in [1.807, 2.05) is 17.5 Å². The topological polar surface area (TPSA) is 30.2 Å². The molecule has 0 N–H and O–H groups in total. The normalized spacial score (nSPS) is 11.1. The maximum absolute atomic E-state index is 4.34. The van der Waals surface area contributed by atoms with E-state index in [2.05, 4.69) is 57.8 Å². The second-order valence-electron chi connectivity index (χ2n) is 2.54. The fraction of sp³-hybridized carbons (Fsp3) is 0.143. The molecular weight excluding hydrogens is 366 g/mol. The number of halogens is 3. The Morgan fingerprint density at radius 3 is 2.62 bits per heavy atom. The Morgan fingerprint density at radius 2 is 1.92 bits per heavy atom. The summed E-state index contributed by atoms with van der Waals surface area (Å²) in [6, 6.07) is 0. The molecule has 0 saturated heterocycles. The highest BCUT2D eigenvalue weighted by Crippen LogP contribution is 2.24. The molecule has 3 nitrogen and oxygen atoms in total. The van der Waals surface area contributed by atoms with Gasteiger partial charge in [0.05, 0.1) is 5.69 Å². The van der Waals surface area contributed by atoms with Crippen LogP contribution in [-0.4, -0.2) is 14.4 Å². The second-order valence-corrected chi connectivity index (χ2v) is 4.85. The van der Waals surface area contributed by atoms with E-state index in [4.69, 9.17) is 0 Å². The summed E-state index contributed by atoms with van der Waals surface area (Å²) in [5.74, 6) is 0. The monoisotopic (exact) mass is 367 g/mol. The molecule has 0 unspecified atom stereocenters. The first-order chi connectivity index (χ1) is 6.09. The summed E-state index contributed by atoms with van der Waals surface area (Å²) < 4.78 is 4.38. The van der Waals surface area contributed by atoms with Crippen molar-refractivity contribution >= 4 is 53.4 Å². The van der Waals surface area contributed by atoms with Crippen LogP contribution in [0, 0.1) is 6.92 Å². The highest BCUT2D eigenvalue weighted by molar-refractivity contribution is 9.11. The molecule has 0 bridgehead atoms. The van der Waals surface area contributed by atoms with Crippen molar-refractivity contribution in [3.63, 3.8) is 0 Å². The fourth-order valence-corrected chi connectivity index (χ4v) is 2.52. The lowest BCUT2D eigenvalue weighted by atomic mass is 10.6. The smallest absolute Gasteiger partial charge is 0.171 e. The van der Waals surface area contributed by atoms with Gasteiger partial charge < -0.3 is 0 Å². The summed E-state index contributed by atoms with van der Waals surface area (Å²) in [6.45, 7) is 1.94. The van der Waals surface area contributed by atoms with Crippen LogP contribution in [-0.2, 0) is 0 Å². The fourth-order valence-electron chi connectivity index (χ4n) is 1.07. The maximum Gasteiger partial charge on any atom is 0.171 e. The minimum Gasteiger partial charge on any atom is -0.289 e. The van der Waals surface area contributed by atoms with Crippen LogP contribution in [0.5, 0.6) is 0 Å². The first-order valence-electron chi connectivity index (χ1n) is 3.46. The molecule has 0 atom stereocenters. The molecule has 2 heterocycles. The van der Waals surface area contributed by atoms with E-state index in [9.17, 15) is 0 Å². The molecule has 0 aliphatic rings. The third-order valence-corrected chi connectivity index (χ3v) is 3.51. The highest BCUT2D eigenvalue weighted by atomic mass is 79.9. The minimum absolute atomic E-state index is 0.732. The third-order valence-electron chi connectivity index (χ3n) is 1.64. The molecule has 0 saturated carbocycles. The predicted molar refractivity (Wildman–Crippen MR) is 60.8 cm³/mol. The number of hydrogen-bond acceptors (Lipinski definition) is 2. The predicted octanol–water partition coefficient (Wildman–Crippen LogP) is 3.33. The number of aryl methyl sites for hydroxylation is 1. The zero-order valence-corrected chi connectivity index (χ0v) is 11.3. The number of imidazole rings is 1. The molecule has 6 heteroatoms. The summed E-state index contributed by atoms with van der Waals surface area (Å²) in [4.78, 5) is 8.52. The van der Waals surface area contributed by atoms with Gasteiger partial charge in [0.1, 0.15) is 9.21 Å². The number of nitrogens with zero attached hydrogens (tertiary/aromatic N) is 3. The van der Waals surface area contributed by atoms with Crippen LogP contribution in [0.15, 0.2) is 20.0 Å². The van der Waals surface area contributed by atoms with Crippen LogP contribution in [0.1, 0.15) is 5.69 Å². The average molecular weight is 370 g/mol. The van der Waals surface area contributed by atoms with Crippen LogP contribution in [0.25, 0.3) is 5.65 Å². The Hall–Kier alpha value is 0.0600. The first kappa shape index (κ1) is 9.61. The van der Waals surface area contributed by atoms with Crippen molar-refractivity contribution in [2.24, 2.45) is 0 Å². The van der Waals surface area contributed by atoms with Gasteiger partial charge in [-0.05, 0) is 54.7 Å². The van der Waals surface area contributed by atoms with Gasteiger partial charge >= 0.3 is 0 Å². The summed E-state index contributed by atoms with van der Waals surface area (Å²) in [6.07, 6.45) is 1.87. The zero-order valence-electron chi connectivity index (χ0n) is 6.55. The van der Waals surface area contributed by atoms with E-state index in [0.717, 1.165) is 25.2 Å². The Labute approximate surface area is 100.0 Å². The van der Waals surface area contributed by atoms with Gasteiger partial charge in [0, 0.05) is 6.20 Å². The average Bonchev–Trinajstić information content (AvgIpc) is 2.32.